The molecule has 10 heteroatoms. The third-order valence-corrected chi connectivity index (χ3v) is 4.66. The molecule has 1 amide bonds. The fourth-order valence-electron chi connectivity index (χ4n) is 2.15. The molecular weight excluding hydrogens is 452 g/mol. The summed E-state index contributed by atoms with van der Waals surface area (Å²) < 4.78 is 3.85. The minimum atomic E-state index is -0.293. The highest BCUT2D eigenvalue weighted by Crippen LogP contribution is 2.26. The average Bonchev–Trinajstić information content (AvgIpc) is 3.09. The minimum Gasteiger partial charge on any atom is -0.306 e. The van der Waals surface area contributed by atoms with Crippen molar-refractivity contribution < 1.29 is 4.79 Å². The number of aromatic nitrogens is 4. The summed E-state index contributed by atoms with van der Waals surface area (Å²) in [6, 6.07) is 5.26. The summed E-state index contributed by atoms with van der Waals surface area (Å²) in [7, 11) is 0. The van der Waals surface area contributed by atoms with Crippen molar-refractivity contribution in [2.75, 3.05) is 5.32 Å². The highest BCUT2D eigenvalue weighted by atomic mass is 79.9. The smallest absolute Gasteiger partial charge is 0.247 e. The Hall–Kier alpha value is -1.54. The molecule has 0 spiro atoms. The number of anilines is 1. The van der Waals surface area contributed by atoms with Gasteiger partial charge in [0, 0.05) is 28.0 Å². The first-order valence-corrected chi connectivity index (χ1v) is 8.98. The lowest BCUT2D eigenvalue weighted by Gasteiger charge is -2.07. The van der Waals surface area contributed by atoms with Crippen LogP contribution in [-0.2, 0) is 17.9 Å². The van der Waals surface area contributed by atoms with Crippen molar-refractivity contribution >= 4 is 62.5 Å². The molecule has 0 aliphatic rings. The van der Waals surface area contributed by atoms with E-state index in [-0.39, 0.29) is 18.3 Å². The standard InChI is InChI=1S/C15H11BrCl3N5O/c16-9-4-20-23(5-9)8-14(25)21-15-13(19)7-24(22-15)6-10-11(17)2-1-3-12(10)18/h1-5,7H,6,8H2,(H,21,22,25). The molecule has 3 aromatic rings. The second-order valence-electron chi connectivity index (χ2n) is 5.13. The van der Waals surface area contributed by atoms with Crippen LogP contribution in [0.2, 0.25) is 15.1 Å². The molecule has 0 bridgehead atoms. The van der Waals surface area contributed by atoms with Crippen LogP contribution in [0.25, 0.3) is 0 Å². The van der Waals surface area contributed by atoms with Crippen molar-refractivity contribution in [1.82, 2.24) is 19.6 Å². The Morgan fingerprint density at radius 3 is 2.48 bits per heavy atom. The molecule has 0 unspecified atom stereocenters. The van der Waals surface area contributed by atoms with E-state index in [2.05, 4.69) is 31.4 Å². The van der Waals surface area contributed by atoms with E-state index in [1.807, 2.05) is 0 Å². The molecule has 2 aromatic heterocycles. The van der Waals surface area contributed by atoms with Crippen molar-refractivity contribution in [3.8, 4) is 0 Å². The number of carbonyl (C=O) groups excluding carboxylic acids is 1. The Bertz CT molecular complexity index is 904. The fourth-order valence-corrected chi connectivity index (χ4v) is 3.19. The van der Waals surface area contributed by atoms with Crippen molar-refractivity contribution in [1.29, 1.82) is 0 Å². The lowest BCUT2D eigenvalue weighted by Crippen LogP contribution is -2.19. The number of benzene rings is 1. The van der Waals surface area contributed by atoms with Gasteiger partial charge in [0.1, 0.15) is 11.6 Å². The molecule has 6 nitrogen and oxygen atoms in total. The zero-order valence-corrected chi connectivity index (χ0v) is 16.4. The molecule has 0 fully saturated rings. The van der Waals surface area contributed by atoms with Crippen molar-refractivity contribution in [2.24, 2.45) is 0 Å². The second kappa shape index (κ2) is 7.78. The van der Waals surface area contributed by atoms with Gasteiger partial charge in [-0.1, -0.05) is 40.9 Å². The van der Waals surface area contributed by atoms with E-state index in [4.69, 9.17) is 34.8 Å². The number of nitrogens with zero attached hydrogens (tertiary/aromatic N) is 4. The summed E-state index contributed by atoms with van der Waals surface area (Å²) in [4.78, 5) is 12.1. The van der Waals surface area contributed by atoms with Crippen LogP contribution < -0.4 is 5.32 Å². The first kappa shape index (κ1) is 18.3. The van der Waals surface area contributed by atoms with E-state index >= 15 is 0 Å². The summed E-state index contributed by atoms with van der Waals surface area (Å²) >= 11 is 21.7. The highest BCUT2D eigenvalue weighted by Gasteiger charge is 2.13. The van der Waals surface area contributed by atoms with Crippen LogP contribution in [-0.4, -0.2) is 25.5 Å². The number of nitrogens with one attached hydrogen (secondary N) is 1. The molecule has 0 aliphatic carbocycles. The first-order valence-electron chi connectivity index (χ1n) is 7.06. The maximum atomic E-state index is 12.1. The van der Waals surface area contributed by atoms with Crippen LogP contribution in [0.15, 0.2) is 41.3 Å². The fraction of sp³-hybridized carbons (Fsp3) is 0.133. The predicted octanol–water partition coefficient (Wildman–Crippen LogP) is 4.49. The van der Waals surface area contributed by atoms with Gasteiger partial charge in [0.15, 0.2) is 5.82 Å². The van der Waals surface area contributed by atoms with Crippen LogP contribution in [0.3, 0.4) is 0 Å². The first-order chi connectivity index (χ1) is 11.9. The lowest BCUT2D eigenvalue weighted by atomic mass is 10.2. The molecule has 25 heavy (non-hydrogen) atoms. The van der Waals surface area contributed by atoms with Gasteiger partial charge in [-0.3, -0.25) is 14.2 Å². The molecule has 0 aliphatic heterocycles. The zero-order chi connectivity index (χ0) is 18.0. The SMILES string of the molecule is O=C(Cn1cc(Br)cn1)Nc1nn(Cc2c(Cl)cccc2Cl)cc1Cl. The number of halogens is 4. The Balaban J connectivity index is 1.71. The number of carbonyl (C=O) groups is 1. The maximum absolute atomic E-state index is 12.1. The number of rotatable bonds is 5. The van der Waals surface area contributed by atoms with Gasteiger partial charge in [0.25, 0.3) is 0 Å². The summed E-state index contributed by atoms with van der Waals surface area (Å²) in [6.07, 6.45) is 4.89. The van der Waals surface area contributed by atoms with Crippen molar-refractivity contribution in [2.45, 2.75) is 13.1 Å². The van der Waals surface area contributed by atoms with Gasteiger partial charge in [-0.25, -0.2) is 0 Å². The molecule has 1 N–H and O–H groups in total. The number of amides is 1. The number of hydrogen-bond donors (Lipinski definition) is 1. The van der Waals surface area contributed by atoms with Gasteiger partial charge in [0.2, 0.25) is 5.91 Å². The summed E-state index contributed by atoms with van der Waals surface area (Å²) in [5.74, 6) is -0.0282. The molecule has 0 saturated heterocycles. The topological polar surface area (TPSA) is 64.7 Å². The Morgan fingerprint density at radius 2 is 1.84 bits per heavy atom. The van der Waals surface area contributed by atoms with E-state index in [9.17, 15) is 4.79 Å². The van der Waals surface area contributed by atoms with Gasteiger partial charge < -0.3 is 5.32 Å². The molecular formula is C15H11BrCl3N5O. The van der Waals surface area contributed by atoms with E-state index in [0.717, 1.165) is 10.0 Å². The van der Waals surface area contributed by atoms with Gasteiger partial charge in [-0.15, -0.1) is 0 Å². The molecule has 3 rings (SSSR count). The molecule has 0 radical (unpaired) electrons. The van der Waals surface area contributed by atoms with E-state index in [0.29, 0.717) is 21.6 Å². The van der Waals surface area contributed by atoms with Gasteiger partial charge in [0.05, 0.1) is 17.2 Å². The van der Waals surface area contributed by atoms with Crippen LogP contribution >= 0.6 is 50.7 Å². The van der Waals surface area contributed by atoms with Crippen molar-refractivity contribution in [3.63, 3.8) is 0 Å². The normalized spacial score (nSPS) is 10.9. The number of hydrogen-bond acceptors (Lipinski definition) is 3. The van der Waals surface area contributed by atoms with Gasteiger partial charge >= 0.3 is 0 Å². The minimum absolute atomic E-state index is 0.0468. The van der Waals surface area contributed by atoms with Crippen LogP contribution in [0, 0.1) is 0 Å². The zero-order valence-electron chi connectivity index (χ0n) is 12.6. The second-order valence-corrected chi connectivity index (χ2v) is 7.27. The molecule has 0 saturated carbocycles. The molecule has 2 heterocycles. The Labute approximate surface area is 166 Å². The van der Waals surface area contributed by atoms with E-state index in [1.165, 1.54) is 4.68 Å². The third-order valence-electron chi connectivity index (χ3n) is 3.26. The maximum Gasteiger partial charge on any atom is 0.247 e. The predicted molar refractivity (Wildman–Crippen MR) is 101 cm³/mol. The lowest BCUT2D eigenvalue weighted by molar-refractivity contribution is -0.116. The quantitative estimate of drug-likeness (QED) is 0.606. The van der Waals surface area contributed by atoms with Crippen LogP contribution in [0.5, 0.6) is 0 Å². The van der Waals surface area contributed by atoms with E-state index < -0.39 is 0 Å². The average molecular weight is 464 g/mol. The highest BCUT2D eigenvalue weighted by molar-refractivity contribution is 9.10. The largest absolute Gasteiger partial charge is 0.306 e. The third kappa shape index (κ3) is 4.55. The molecule has 1 aromatic carbocycles. The monoisotopic (exact) mass is 461 g/mol. The Kier molecular flexibility index (Phi) is 5.68. The van der Waals surface area contributed by atoms with E-state index in [1.54, 1.807) is 41.5 Å². The Morgan fingerprint density at radius 1 is 1.12 bits per heavy atom. The summed E-state index contributed by atoms with van der Waals surface area (Å²) in [6.45, 7) is 0.380. The van der Waals surface area contributed by atoms with Gasteiger partial charge in [-0.2, -0.15) is 10.2 Å². The molecule has 0 atom stereocenters. The van der Waals surface area contributed by atoms with Crippen LogP contribution in [0.1, 0.15) is 5.56 Å². The summed E-state index contributed by atoms with van der Waals surface area (Å²) in [5.41, 5.74) is 0.726. The summed E-state index contributed by atoms with van der Waals surface area (Å²) in [5, 5.41) is 12.3. The van der Waals surface area contributed by atoms with Crippen LogP contribution in [0.4, 0.5) is 5.82 Å². The molecule has 130 valence electrons. The van der Waals surface area contributed by atoms with Gasteiger partial charge in [-0.05, 0) is 28.1 Å². The van der Waals surface area contributed by atoms with Crippen molar-refractivity contribution in [3.05, 3.63) is 61.9 Å².